The maximum atomic E-state index is 12.3. The molecule has 1 atom stereocenters. The average Bonchev–Trinajstić information content (AvgIpc) is 2.64. The zero-order chi connectivity index (χ0) is 18.2. The third kappa shape index (κ3) is 4.81. The van der Waals surface area contributed by atoms with E-state index in [0.717, 1.165) is 24.0 Å². The molecule has 1 saturated heterocycles. The molecule has 2 aromatic rings. The monoisotopic (exact) mass is 353 g/mol. The smallest absolute Gasteiger partial charge is 0.410 e. The summed E-state index contributed by atoms with van der Waals surface area (Å²) < 4.78 is 5.30. The fourth-order valence-electron chi connectivity index (χ4n) is 2.85. The number of nitrogens with one attached hydrogen (secondary N) is 1. The third-order valence-electron chi connectivity index (χ3n) is 4.43. The van der Waals surface area contributed by atoms with E-state index in [-0.39, 0.29) is 12.5 Å². The number of benzene rings is 1. The van der Waals surface area contributed by atoms with Gasteiger partial charge in [-0.1, -0.05) is 36.4 Å². The van der Waals surface area contributed by atoms with Crippen LogP contribution in [0.5, 0.6) is 0 Å². The van der Waals surface area contributed by atoms with E-state index in [9.17, 15) is 9.59 Å². The predicted molar refractivity (Wildman–Crippen MR) is 97.3 cm³/mol. The second-order valence-corrected chi connectivity index (χ2v) is 6.29. The van der Waals surface area contributed by atoms with Crippen molar-refractivity contribution in [2.45, 2.75) is 31.9 Å². The molecule has 136 valence electrons. The maximum absolute atomic E-state index is 12.3. The first-order valence-electron chi connectivity index (χ1n) is 8.88. The van der Waals surface area contributed by atoms with Gasteiger partial charge < -0.3 is 10.1 Å². The fraction of sp³-hybridized carbons (Fsp3) is 0.350. The van der Waals surface area contributed by atoms with Crippen LogP contribution < -0.4 is 5.32 Å². The highest BCUT2D eigenvalue weighted by atomic mass is 16.6. The standard InChI is InChI=1S/C20H23N3O3/c24-19(22-12-5-9-16-8-4-11-21-14-16)18-10-13-23(18)20(25)26-15-17-6-2-1-3-7-17/h1-4,6-8,11,14,18H,5,9-10,12-13,15H2,(H,22,24). The average molecular weight is 353 g/mol. The highest BCUT2D eigenvalue weighted by molar-refractivity contribution is 5.87. The molecule has 1 aromatic carbocycles. The fourth-order valence-corrected chi connectivity index (χ4v) is 2.85. The van der Waals surface area contributed by atoms with Gasteiger partial charge in [0.2, 0.25) is 5.91 Å². The number of nitrogens with zero attached hydrogens (tertiary/aromatic N) is 2. The van der Waals surface area contributed by atoms with Gasteiger partial charge in [-0.25, -0.2) is 4.79 Å². The van der Waals surface area contributed by atoms with Crippen LogP contribution in [0.1, 0.15) is 24.0 Å². The minimum atomic E-state index is -0.435. The van der Waals surface area contributed by atoms with Crippen LogP contribution in [0.2, 0.25) is 0 Å². The molecule has 1 fully saturated rings. The molecule has 1 N–H and O–H groups in total. The molecule has 1 unspecified atom stereocenters. The lowest BCUT2D eigenvalue weighted by Crippen LogP contribution is -2.58. The number of aryl methyl sites for hydroxylation is 1. The number of carbonyl (C=O) groups excluding carboxylic acids is 2. The summed E-state index contributed by atoms with van der Waals surface area (Å²) in [7, 11) is 0. The van der Waals surface area contributed by atoms with Gasteiger partial charge in [-0.2, -0.15) is 0 Å². The van der Waals surface area contributed by atoms with Crippen molar-refractivity contribution in [2.24, 2.45) is 0 Å². The van der Waals surface area contributed by atoms with E-state index in [4.69, 9.17) is 4.74 Å². The van der Waals surface area contributed by atoms with Crippen molar-refractivity contribution in [3.63, 3.8) is 0 Å². The molecular formula is C20H23N3O3. The summed E-state index contributed by atoms with van der Waals surface area (Å²) in [4.78, 5) is 30.0. The van der Waals surface area contributed by atoms with Gasteiger partial charge in [0.05, 0.1) is 0 Å². The summed E-state index contributed by atoms with van der Waals surface area (Å²) in [5.41, 5.74) is 2.08. The van der Waals surface area contributed by atoms with Crippen molar-refractivity contribution < 1.29 is 14.3 Å². The van der Waals surface area contributed by atoms with Crippen LogP contribution in [0, 0.1) is 0 Å². The lowest BCUT2D eigenvalue weighted by molar-refractivity contribution is -0.129. The van der Waals surface area contributed by atoms with Gasteiger partial charge >= 0.3 is 6.09 Å². The summed E-state index contributed by atoms with van der Waals surface area (Å²) in [6, 6.07) is 13.0. The Morgan fingerprint density at radius 3 is 2.65 bits per heavy atom. The zero-order valence-electron chi connectivity index (χ0n) is 14.6. The largest absolute Gasteiger partial charge is 0.445 e. The molecule has 6 heteroatoms. The molecule has 3 rings (SSSR count). The zero-order valence-corrected chi connectivity index (χ0v) is 14.6. The molecule has 0 radical (unpaired) electrons. The second-order valence-electron chi connectivity index (χ2n) is 6.29. The van der Waals surface area contributed by atoms with Crippen LogP contribution in [0.4, 0.5) is 4.79 Å². The Bertz CT molecular complexity index is 722. The SMILES string of the molecule is O=C(NCCCc1cccnc1)C1CCN1C(=O)OCc1ccccc1. The molecule has 2 amide bonds. The summed E-state index contributed by atoms with van der Waals surface area (Å²) >= 11 is 0. The first-order chi connectivity index (χ1) is 12.7. The van der Waals surface area contributed by atoms with Crippen LogP contribution in [-0.4, -0.2) is 41.0 Å². The van der Waals surface area contributed by atoms with Gasteiger partial charge in [0.25, 0.3) is 0 Å². The molecule has 1 aliphatic rings. The van der Waals surface area contributed by atoms with Gasteiger partial charge in [-0.05, 0) is 36.5 Å². The molecular weight excluding hydrogens is 330 g/mol. The number of aromatic nitrogens is 1. The van der Waals surface area contributed by atoms with E-state index in [1.54, 1.807) is 6.20 Å². The first-order valence-corrected chi connectivity index (χ1v) is 8.88. The van der Waals surface area contributed by atoms with Crippen LogP contribution >= 0.6 is 0 Å². The lowest BCUT2D eigenvalue weighted by Gasteiger charge is -2.38. The molecule has 6 nitrogen and oxygen atoms in total. The summed E-state index contributed by atoms with van der Waals surface area (Å²) in [6.07, 6.45) is 5.51. The second kappa shape index (κ2) is 8.99. The van der Waals surface area contributed by atoms with E-state index >= 15 is 0 Å². The van der Waals surface area contributed by atoms with Gasteiger partial charge in [0.15, 0.2) is 0 Å². The van der Waals surface area contributed by atoms with E-state index in [2.05, 4.69) is 10.3 Å². The van der Waals surface area contributed by atoms with Crippen molar-refractivity contribution in [3.05, 3.63) is 66.0 Å². The molecule has 0 saturated carbocycles. The van der Waals surface area contributed by atoms with E-state index in [0.29, 0.717) is 19.5 Å². The number of rotatable bonds is 7. The van der Waals surface area contributed by atoms with Gasteiger partial charge in [0, 0.05) is 25.5 Å². The van der Waals surface area contributed by atoms with Gasteiger partial charge in [-0.15, -0.1) is 0 Å². The van der Waals surface area contributed by atoms with Crippen LogP contribution in [0.15, 0.2) is 54.9 Å². The molecule has 0 spiro atoms. The number of amides is 2. The van der Waals surface area contributed by atoms with Gasteiger partial charge in [-0.3, -0.25) is 14.7 Å². The van der Waals surface area contributed by atoms with Crippen molar-refractivity contribution in [2.75, 3.05) is 13.1 Å². The highest BCUT2D eigenvalue weighted by Gasteiger charge is 2.38. The van der Waals surface area contributed by atoms with Gasteiger partial charge in [0.1, 0.15) is 12.6 Å². The Hall–Kier alpha value is -2.89. The molecule has 26 heavy (non-hydrogen) atoms. The Labute approximate surface area is 153 Å². The predicted octanol–water partition coefficient (Wildman–Crippen LogP) is 2.54. The number of carbonyl (C=O) groups is 2. The Morgan fingerprint density at radius 1 is 1.15 bits per heavy atom. The Morgan fingerprint density at radius 2 is 1.96 bits per heavy atom. The normalized spacial score (nSPS) is 15.8. The van der Waals surface area contributed by atoms with Crippen LogP contribution in [-0.2, 0) is 22.6 Å². The Kier molecular flexibility index (Phi) is 6.19. The molecule has 0 bridgehead atoms. The quantitative estimate of drug-likeness (QED) is 0.777. The van der Waals surface area contributed by atoms with Crippen molar-refractivity contribution in [1.82, 2.24) is 15.2 Å². The van der Waals surface area contributed by atoms with E-state index < -0.39 is 12.1 Å². The topological polar surface area (TPSA) is 71.5 Å². The summed E-state index contributed by atoms with van der Waals surface area (Å²) in [6.45, 7) is 1.36. The number of pyridine rings is 1. The Balaban J connectivity index is 1.37. The van der Waals surface area contributed by atoms with Crippen molar-refractivity contribution in [1.29, 1.82) is 0 Å². The van der Waals surface area contributed by atoms with E-state index in [1.165, 1.54) is 4.90 Å². The molecule has 1 aliphatic heterocycles. The molecule has 2 heterocycles. The van der Waals surface area contributed by atoms with Crippen LogP contribution in [0.3, 0.4) is 0 Å². The summed E-state index contributed by atoms with van der Waals surface area (Å²) in [5.74, 6) is -0.112. The summed E-state index contributed by atoms with van der Waals surface area (Å²) in [5, 5.41) is 2.90. The third-order valence-corrected chi connectivity index (χ3v) is 4.43. The number of hydrogen-bond donors (Lipinski definition) is 1. The number of hydrogen-bond acceptors (Lipinski definition) is 4. The molecule has 0 aliphatic carbocycles. The minimum Gasteiger partial charge on any atom is -0.445 e. The van der Waals surface area contributed by atoms with Crippen LogP contribution in [0.25, 0.3) is 0 Å². The number of ether oxygens (including phenoxy) is 1. The molecule has 1 aromatic heterocycles. The highest BCUT2D eigenvalue weighted by Crippen LogP contribution is 2.19. The van der Waals surface area contributed by atoms with Crippen molar-refractivity contribution in [3.8, 4) is 0 Å². The lowest BCUT2D eigenvalue weighted by atomic mass is 10.0. The van der Waals surface area contributed by atoms with Crippen molar-refractivity contribution >= 4 is 12.0 Å². The number of likely N-dealkylation sites (tertiary alicyclic amines) is 1. The maximum Gasteiger partial charge on any atom is 0.410 e. The minimum absolute atomic E-state index is 0.112. The van der Waals surface area contributed by atoms with E-state index in [1.807, 2.05) is 48.7 Å². The first kappa shape index (κ1) is 17.9.